The normalized spacial score (nSPS) is 11.2. The third kappa shape index (κ3) is 4.86. The Morgan fingerprint density at radius 1 is 1.06 bits per heavy atom. The molecule has 0 saturated carbocycles. The van der Waals surface area contributed by atoms with Crippen molar-refractivity contribution in [2.75, 3.05) is 5.32 Å². The quantitative estimate of drug-likeness (QED) is 0.407. The number of rotatable bonds is 6. The van der Waals surface area contributed by atoms with Gasteiger partial charge in [0.2, 0.25) is 10.0 Å². The zero-order valence-corrected chi connectivity index (χ0v) is 19.1. The van der Waals surface area contributed by atoms with Gasteiger partial charge in [-0.25, -0.2) is 8.42 Å². The van der Waals surface area contributed by atoms with Crippen LogP contribution in [0.2, 0.25) is 5.02 Å². The van der Waals surface area contributed by atoms with Gasteiger partial charge in [0, 0.05) is 17.2 Å². The SMILES string of the molecule is Cc1ccnc([N-]S(=O)(=O)c2ccc(NC(=O)c3c(-c4ccccc4Cl)noc3C)cc2)n1. The fourth-order valence-corrected chi connectivity index (χ4v) is 4.13. The zero-order chi connectivity index (χ0) is 23.6. The predicted molar refractivity (Wildman–Crippen MR) is 123 cm³/mol. The van der Waals surface area contributed by atoms with Gasteiger partial charge in [-0.05, 0) is 56.1 Å². The fourth-order valence-electron chi connectivity index (χ4n) is 3.02. The maximum absolute atomic E-state index is 12.9. The van der Waals surface area contributed by atoms with Crippen molar-refractivity contribution in [3.8, 4) is 11.3 Å². The second-order valence-corrected chi connectivity index (χ2v) is 9.00. The summed E-state index contributed by atoms with van der Waals surface area (Å²) >= 11 is 6.24. The summed E-state index contributed by atoms with van der Waals surface area (Å²) in [6.07, 6.45) is 1.43. The Kier molecular flexibility index (Phi) is 6.12. The predicted octanol–water partition coefficient (Wildman–Crippen LogP) is 5.05. The third-order valence-electron chi connectivity index (χ3n) is 4.61. The molecule has 0 aliphatic heterocycles. The van der Waals surface area contributed by atoms with E-state index in [0.717, 1.165) is 0 Å². The van der Waals surface area contributed by atoms with Crippen molar-refractivity contribution in [3.05, 3.63) is 87.6 Å². The molecule has 0 unspecified atom stereocenters. The first-order chi connectivity index (χ1) is 15.7. The number of nitrogens with zero attached hydrogens (tertiary/aromatic N) is 4. The highest BCUT2D eigenvalue weighted by molar-refractivity contribution is 7.94. The van der Waals surface area contributed by atoms with Crippen molar-refractivity contribution in [1.82, 2.24) is 15.1 Å². The lowest BCUT2D eigenvalue weighted by atomic mass is 10.1. The van der Waals surface area contributed by atoms with Crippen LogP contribution in [0.4, 0.5) is 11.6 Å². The Hall–Kier alpha value is -3.76. The Morgan fingerprint density at radius 2 is 1.79 bits per heavy atom. The van der Waals surface area contributed by atoms with Gasteiger partial charge in [-0.2, -0.15) is 0 Å². The third-order valence-corrected chi connectivity index (χ3v) is 6.21. The standard InChI is InChI=1S/C22H18ClN5O4S/c1-13-11-12-24-22(25-13)28-33(30,31)16-9-7-15(8-10-16)26-21(29)19-14(2)32-27-20(19)17-5-3-4-6-18(17)23/h3-12H,1-2H3,(H2,24,25,26,28,29)/p-1. The van der Waals surface area contributed by atoms with Gasteiger partial charge >= 0.3 is 0 Å². The fraction of sp³-hybridized carbons (Fsp3) is 0.0909. The minimum atomic E-state index is -4.03. The van der Waals surface area contributed by atoms with Crippen LogP contribution < -0.4 is 5.32 Å². The van der Waals surface area contributed by atoms with Crippen LogP contribution in [-0.2, 0) is 10.0 Å². The van der Waals surface area contributed by atoms with Crippen LogP contribution >= 0.6 is 11.6 Å². The summed E-state index contributed by atoms with van der Waals surface area (Å²) in [6.45, 7) is 3.33. The summed E-state index contributed by atoms with van der Waals surface area (Å²) in [5.74, 6) is -0.307. The van der Waals surface area contributed by atoms with Gasteiger partial charge in [0.1, 0.15) is 17.0 Å². The van der Waals surface area contributed by atoms with Crippen molar-refractivity contribution in [2.45, 2.75) is 18.7 Å². The van der Waals surface area contributed by atoms with E-state index in [4.69, 9.17) is 16.1 Å². The highest BCUT2D eigenvalue weighted by Crippen LogP contribution is 2.32. The molecule has 0 fully saturated rings. The number of carbonyl (C=O) groups excluding carboxylic acids is 1. The molecule has 1 amide bonds. The van der Waals surface area contributed by atoms with Crippen molar-refractivity contribution in [1.29, 1.82) is 0 Å². The van der Waals surface area contributed by atoms with Gasteiger partial charge in [-0.15, -0.1) is 0 Å². The van der Waals surface area contributed by atoms with Crippen LogP contribution in [0.25, 0.3) is 16.0 Å². The Labute approximate surface area is 194 Å². The van der Waals surface area contributed by atoms with Gasteiger partial charge in [-0.3, -0.25) is 9.52 Å². The molecule has 4 aromatic rings. The average molecular weight is 483 g/mol. The maximum atomic E-state index is 12.9. The first-order valence-electron chi connectivity index (χ1n) is 9.65. The molecular formula is C22H17ClN5O4S-. The van der Waals surface area contributed by atoms with Crippen molar-refractivity contribution in [2.24, 2.45) is 0 Å². The summed E-state index contributed by atoms with van der Waals surface area (Å²) in [5.41, 5.74) is 2.06. The van der Waals surface area contributed by atoms with Gasteiger partial charge in [0.25, 0.3) is 5.91 Å². The number of hydrogen-bond donors (Lipinski definition) is 1. The average Bonchev–Trinajstić information content (AvgIpc) is 3.15. The number of sulfonamides is 1. The lowest BCUT2D eigenvalue weighted by Crippen LogP contribution is -2.13. The number of aromatic nitrogens is 3. The van der Waals surface area contributed by atoms with Crippen LogP contribution in [0.1, 0.15) is 21.8 Å². The highest BCUT2D eigenvalue weighted by Gasteiger charge is 2.23. The van der Waals surface area contributed by atoms with Gasteiger partial charge in [0.15, 0.2) is 0 Å². The number of anilines is 1. The Balaban J connectivity index is 1.54. The van der Waals surface area contributed by atoms with Crippen LogP contribution in [0.3, 0.4) is 0 Å². The number of benzene rings is 2. The van der Waals surface area contributed by atoms with E-state index < -0.39 is 15.9 Å². The van der Waals surface area contributed by atoms with E-state index in [-0.39, 0.29) is 16.4 Å². The molecular weight excluding hydrogens is 466 g/mol. The van der Waals surface area contributed by atoms with Gasteiger partial charge in [-0.1, -0.05) is 41.0 Å². The first-order valence-corrected chi connectivity index (χ1v) is 11.5. The van der Waals surface area contributed by atoms with Gasteiger partial charge in [0.05, 0.1) is 9.92 Å². The van der Waals surface area contributed by atoms with Crippen LogP contribution in [0.15, 0.2) is 70.2 Å². The molecule has 168 valence electrons. The van der Waals surface area contributed by atoms with E-state index in [1.54, 1.807) is 44.2 Å². The lowest BCUT2D eigenvalue weighted by molar-refractivity contribution is 0.102. The number of nitrogens with one attached hydrogen (secondary N) is 1. The van der Waals surface area contributed by atoms with Crippen LogP contribution in [-0.4, -0.2) is 29.4 Å². The van der Waals surface area contributed by atoms with E-state index in [2.05, 4.69) is 25.2 Å². The monoisotopic (exact) mass is 482 g/mol. The second-order valence-electron chi connectivity index (χ2n) is 6.99. The first kappa shape index (κ1) is 22.4. The number of carbonyl (C=O) groups is 1. The summed E-state index contributed by atoms with van der Waals surface area (Å²) < 4.78 is 34.0. The topological polar surface area (TPSA) is 129 Å². The molecule has 0 atom stereocenters. The van der Waals surface area contributed by atoms with E-state index in [1.807, 2.05) is 0 Å². The molecule has 2 aromatic carbocycles. The smallest absolute Gasteiger partial charge is 0.261 e. The molecule has 33 heavy (non-hydrogen) atoms. The molecule has 0 saturated heterocycles. The van der Waals surface area contributed by atoms with E-state index >= 15 is 0 Å². The molecule has 0 aliphatic carbocycles. The van der Waals surface area contributed by atoms with Crippen LogP contribution in [0.5, 0.6) is 0 Å². The Bertz CT molecular complexity index is 1440. The van der Waals surface area contributed by atoms with E-state index in [0.29, 0.717) is 33.4 Å². The maximum Gasteiger partial charge on any atom is 0.261 e. The summed E-state index contributed by atoms with van der Waals surface area (Å²) in [5, 5.41) is 7.12. The van der Waals surface area contributed by atoms with Crippen LogP contribution in [0, 0.1) is 13.8 Å². The number of amides is 1. The minimum absolute atomic E-state index is 0.0662. The molecule has 11 heteroatoms. The molecule has 4 rings (SSSR count). The lowest BCUT2D eigenvalue weighted by Gasteiger charge is -2.14. The molecule has 0 aliphatic rings. The second kappa shape index (κ2) is 9.00. The molecule has 2 heterocycles. The number of hydrogen-bond acceptors (Lipinski definition) is 7. The van der Waals surface area contributed by atoms with Crippen molar-refractivity contribution in [3.63, 3.8) is 0 Å². The molecule has 9 nitrogen and oxygen atoms in total. The van der Waals surface area contributed by atoms with Crippen molar-refractivity contribution >= 4 is 39.2 Å². The molecule has 0 spiro atoms. The largest absolute Gasteiger partial charge is 0.366 e. The van der Waals surface area contributed by atoms with E-state index in [1.165, 1.54) is 30.5 Å². The summed E-state index contributed by atoms with van der Waals surface area (Å²) in [4.78, 5) is 20.7. The van der Waals surface area contributed by atoms with E-state index in [9.17, 15) is 13.2 Å². The summed E-state index contributed by atoms with van der Waals surface area (Å²) in [6, 6.07) is 14.2. The zero-order valence-electron chi connectivity index (χ0n) is 17.5. The van der Waals surface area contributed by atoms with Gasteiger partial charge < -0.3 is 19.8 Å². The molecule has 2 aromatic heterocycles. The Morgan fingerprint density at radius 3 is 2.48 bits per heavy atom. The molecule has 1 N–H and O–H groups in total. The summed E-state index contributed by atoms with van der Waals surface area (Å²) in [7, 11) is -4.03. The molecule has 0 radical (unpaired) electrons. The molecule has 0 bridgehead atoms. The number of halogens is 1. The minimum Gasteiger partial charge on any atom is -0.366 e. The number of aryl methyl sites for hydroxylation is 2. The highest BCUT2D eigenvalue weighted by atomic mass is 35.5. The van der Waals surface area contributed by atoms with Crippen molar-refractivity contribution < 1.29 is 17.7 Å².